The van der Waals surface area contributed by atoms with Gasteiger partial charge in [-0.05, 0) is 26.2 Å². The lowest BCUT2D eigenvalue weighted by molar-refractivity contribution is 0.409. The third kappa shape index (κ3) is 6.94. The first-order chi connectivity index (χ1) is 11.2. The molecule has 0 saturated heterocycles. The highest BCUT2D eigenvalue weighted by molar-refractivity contribution is 14.0. The molecule has 0 aromatic carbocycles. The fourth-order valence-electron chi connectivity index (χ4n) is 2.91. The molecule has 1 aromatic rings. The number of hydrogen-bond donors (Lipinski definition) is 2. The Balaban J connectivity index is 0.00000288. The summed E-state index contributed by atoms with van der Waals surface area (Å²) in [5.41, 5.74) is 0. The molecule has 0 spiro atoms. The number of nitrogens with zero attached hydrogens (tertiary/aromatic N) is 4. The van der Waals surface area contributed by atoms with Gasteiger partial charge in [0.25, 0.3) is 0 Å². The molecule has 7 heteroatoms. The monoisotopic (exact) mass is 448 g/mol. The molecule has 0 radical (unpaired) electrons. The van der Waals surface area contributed by atoms with Crippen molar-refractivity contribution < 1.29 is 0 Å². The summed E-state index contributed by atoms with van der Waals surface area (Å²) in [6.45, 7) is 5.73. The largest absolute Gasteiger partial charge is 0.356 e. The standard InChI is InChI=1S/C17H32N6.HI/c1-4-5-9-12-18-17(20-15-10-7-6-8-11-15)19-13-16-22-21-14(2)23(16)3;/h15H,4-13H2,1-3H3,(H2,18,19,20);1H. The van der Waals surface area contributed by atoms with Gasteiger partial charge < -0.3 is 15.2 Å². The van der Waals surface area contributed by atoms with Gasteiger partial charge in [0, 0.05) is 19.6 Å². The molecule has 1 heterocycles. The van der Waals surface area contributed by atoms with Crippen LogP contribution in [0.15, 0.2) is 4.99 Å². The molecular formula is C17H33IN6. The molecule has 0 bridgehead atoms. The van der Waals surface area contributed by atoms with E-state index in [0.717, 1.165) is 24.2 Å². The summed E-state index contributed by atoms with van der Waals surface area (Å²) < 4.78 is 2.00. The normalized spacial score (nSPS) is 15.9. The van der Waals surface area contributed by atoms with E-state index in [2.05, 4.69) is 27.8 Å². The van der Waals surface area contributed by atoms with Gasteiger partial charge in [-0.2, -0.15) is 0 Å². The third-order valence-electron chi connectivity index (χ3n) is 4.58. The van der Waals surface area contributed by atoms with Gasteiger partial charge in [0.2, 0.25) is 0 Å². The number of hydrogen-bond acceptors (Lipinski definition) is 3. The molecule has 1 saturated carbocycles. The van der Waals surface area contributed by atoms with Crippen molar-refractivity contribution in [1.82, 2.24) is 25.4 Å². The van der Waals surface area contributed by atoms with E-state index in [0.29, 0.717) is 12.6 Å². The second-order valence-corrected chi connectivity index (χ2v) is 6.50. The maximum atomic E-state index is 4.73. The summed E-state index contributed by atoms with van der Waals surface area (Å²) in [5, 5.41) is 15.4. The van der Waals surface area contributed by atoms with Crippen LogP contribution < -0.4 is 10.6 Å². The van der Waals surface area contributed by atoms with E-state index >= 15 is 0 Å². The van der Waals surface area contributed by atoms with Crippen LogP contribution in [0.5, 0.6) is 0 Å². The molecule has 0 atom stereocenters. The summed E-state index contributed by atoms with van der Waals surface area (Å²) in [6, 6.07) is 0.558. The van der Waals surface area contributed by atoms with Crippen molar-refractivity contribution in [2.24, 2.45) is 12.0 Å². The van der Waals surface area contributed by atoms with Gasteiger partial charge in [-0.25, -0.2) is 4.99 Å². The lowest BCUT2D eigenvalue weighted by Gasteiger charge is -2.25. The minimum Gasteiger partial charge on any atom is -0.356 e. The summed E-state index contributed by atoms with van der Waals surface area (Å²) in [6.07, 6.45) is 10.2. The van der Waals surface area contributed by atoms with Gasteiger partial charge in [0.1, 0.15) is 12.4 Å². The van der Waals surface area contributed by atoms with Crippen LogP contribution in [0, 0.1) is 6.92 Å². The number of unbranched alkanes of at least 4 members (excludes halogenated alkanes) is 2. The van der Waals surface area contributed by atoms with Crippen LogP contribution in [0.3, 0.4) is 0 Å². The molecule has 0 unspecified atom stereocenters. The molecule has 1 aromatic heterocycles. The Morgan fingerprint density at radius 1 is 1.21 bits per heavy atom. The molecule has 1 fully saturated rings. The second kappa shape index (κ2) is 11.7. The van der Waals surface area contributed by atoms with Crippen molar-refractivity contribution in [3.8, 4) is 0 Å². The Kier molecular flexibility index (Phi) is 10.3. The molecule has 0 amide bonds. The van der Waals surface area contributed by atoms with E-state index in [1.807, 2.05) is 18.5 Å². The van der Waals surface area contributed by atoms with Gasteiger partial charge in [-0.3, -0.25) is 0 Å². The van der Waals surface area contributed by atoms with Crippen LogP contribution in [0.2, 0.25) is 0 Å². The predicted octanol–water partition coefficient (Wildman–Crippen LogP) is 3.30. The first-order valence-corrected chi connectivity index (χ1v) is 9.10. The van der Waals surface area contributed by atoms with E-state index in [4.69, 9.17) is 4.99 Å². The Bertz CT molecular complexity index is 493. The Labute approximate surface area is 163 Å². The average molecular weight is 448 g/mol. The minimum atomic E-state index is 0. The maximum Gasteiger partial charge on any atom is 0.191 e. The number of rotatable bonds is 7. The van der Waals surface area contributed by atoms with Crippen LogP contribution in [-0.4, -0.2) is 33.3 Å². The quantitative estimate of drug-likeness (QED) is 0.291. The van der Waals surface area contributed by atoms with Crippen molar-refractivity contribution >= 4 is 29.9 Å². The molecular weight excluding hydrogens is 415 g/mol. The molecule has 1 aliphatic rings. The van der Waals surface area contributed by atoms with Crippen molar-refractivity contribution in [1.29, 1.82) is 0 Å². The smallest absolute Gasteiger partial charge is 0.191 e. The molecule has 2 rings (SSSR count). The number of aryl methyl sites for hydroxylation is 1. The molecule has 2 N–H and O–H groups in total. The number of nitrogens with one attached hydrogen (secondary N) is 2. The van der Waals surface area contributed by atoms with Gasteiger partial charge in [0.15, 0.2) is 11.8 Å². The number of aromatic nitrogens is 3. The molecule has 138 valence electrons. The molecule has 1 aliphatic carbocycles. The zero-order chi connectivity index (χ0) is 16.5. The summed E-state index contributed by atoms with van der Waals surface area (Å²) >= 11 is 0. The van der Waals surface area contributed by atoms with Gasteiger partial charge in [0.05, 0.1) is 0 Å². The van der Waals surface area contributed by atoms with Crippen molar-refractivity contribution in [2.75, 3.05) is 6.54 Å². The Hall–Kier alpha value is -0.860. The van der Waals surface area contributed by atoms with Crippen LogP contribution in [-0.2, 0) is 13.6 Å². The van der Waals surface area contributed by atoms with E-state index in [1.165, 1.54) is 51.4 Å². The van der Waals surface area contributed by atoms with Crippen LogP contribution >= 0.6 is 24.0 Å². The van der Waals surface area contributed by atoms with E-state index in [-0.39, 0.29) is 24.0 Å². The van der Waals surface area contributed by atoms with Crippen LogP contribution in [0.25, 0.3) is 0 Å². The summed E-state index contributed by atoms with van der Waals surface area (Å²) in [5.74, 6) is 2.75. The lowest BCUT2D eigenvalue weighted by Crippen LogP contribution is -2.44. The fraction of sp³-hybridized carbons (Fsp3) is 0.824. The summed E-state index contributed by atoms with van der Waals surface area (Å²) in [7, 11) is 1.99. The van der Waals surface area contributed by atoms with Crippen LogP contribution in [0.4, 0.5) is 0 Å². The third-order valence-corrected chi connectivity index (χ3v) is 4.58. The number of halogens is 1. The highest BCUT2D eigenvalue weighted by Gasteiger charge is 2.14. The maximum absolute atomic E-state index is 4.73. The van der Waals surface area contributed by atoms with Gasteiger partial charge in [-0.1, -0.05) is 39.0 Å². The molecule has 6 nitrogen and oxygen atoms in total. The summed E-state index contributed by atoms with van der Waals surface area (Å²) in [4.78, 5) is 4.73. The van der Waals surface area contributed by atoms with Crippen LogP contribution in [0.1, 0.15) is 69.9 Å². The Morgan fingerprint density at radius 2 is 1.96 bits per heavy atom. The number of guanidine groups is 1. The van der Waals surface area contributed by atoms with Gasteiger partial charge >= 0.3 is 0 Å². The number of aliphatic imine (C=N–C) groups is 1. The van der Waals surface area contributed by atoms with Gasteiger partial charge in [-0.15, -0.1) is 34.2 Å². The van der Waals surface area contributed by atoms with E-state index in [1.54, 1.807) is 0 Å². The first-order valence-electron chi connectivity index (χ1n) is 9.10. The SMILES string of the molecule is CCCCCNC(=NCc1nnc(C)n1C)NC1CCCCC1.I. The molecule has 24 heavy (non-hydrogen) atoms. The fourth-order valence-corrected chi connectivity index (χ4v) is 2.91. The average Bonchev–Trinajstić information content (AvgIpc) is 2.89. The lowest BCUT2D eigenvalue weighted by atomic mass is 9.96. The van der Waals surface area contributed by atoms with Crippen molar-refractivity contribution in [3.05, 3.63) is 11.6 Å². The zero-order valence-corrected chi connectivity index (χ0v) is 17.7. The highest BCUT2D eigenvalue weighted by Crippen LogP contribution is 2.17. The highest BCUT2D eigenvalue weighted by atomic mass is 127. The van der Waals surface area contributed by atoms with Crippen molar-refractivity contribution in [3.63, 3.8) is 0 Å². The zero-order valence-electron chi connectivity index (χ0n) is 15.3. The van der Waals surface area contributed by atoms with E-state index < -0.39 is 0 Å². The minimum absolute atomic E-state index is 0. The Morgan fingerprint density at radius 3 is 2.58 bits per heavy atom. The molecule has 0 aliphatic heterocycles. The van der Waals surface area contributed by atoms with E-state index in [9.17, 15) is 0 Å². The van der Waals surface area contributed by atoms with Crippen molar-refractivity contribution in [2.45, 2.75) is 77.8 Å². The topological polar surface area (TPSA) is 67.1 Å². The second-order valence-electron chi connectivity index (χ2n) is 6.50. The first kappa shape index (κ1) is 21.2. The predicted molar refractivity (Wildman–Crippen MR) is 110 cm³/mol.